The maximum atomic E-state index is 13.2. The number of alkyl halides is 13. The molecule has 0 rings (SSSR count). The maximum absolute atomic E-state index is 13.2. The van der Waals surface area contributed by atoms with Gasteiger partial charge in [0.15, 0.2) is 0 Å². The molecular formula is C12H8F13NO. The van der Waals surface area contributed by atoms with E-state index in [-0.39, 0.29) is 0 Å². The average Bonchev–Trinajstić information content (AvgIpc) is 2.44. The van der Waals surface area contributed by atoms with Gasteiger partial charge < -0.3 is 0 Å². The Kier molecular flexibility index (Phi) is 6.49. The SMILES string of the molecule is C=C(C)C(=O)N=CCC(F)(F)C(F)(F)C(F)(F)C(F)(F)C(F)(F)C(F)(F)F. The number of nitrogens with zero attached hydrogens (tertiary/aromatic N) is 1. The summed E-state index contributed by atoms with van der Waals surface area (Å²) in [6.07, 6.45) is -10.6. The zero-order valence-corrected chi connectivity index (χ0v) is 12.8. The highest BCUT2D eigenvalue weighted by atomic mass is 19.4. The van der Waals surface area contributed by atoms with Crippen molar-refractivity contribution in [3.63, 3.8) is 0 Å². The molecule has 27 heavy (non-hydrogen) atoms. The number of rotatable bonds is 7. The van der Waals surface area contributed by atoms with Crippen molar-refractivity contribution in [1.82, 2.24) is 0 Å². The van der Waals surface area contributed by atoms with E-state index in [1.54, 1.807) is 0 Å². The van der Waals surface area contributed by atoms with E-state index in [4.69, 9.17) is 0 Å². The van der Waals surface area contributed by atoms with Gasteiger partial charge in [-0.25, -0.2) is 4.99 Å². The third-order valence-electron chi connectivity index (χ3n) is 2.92. The second-order valence-corrected chi connectivity index (χ2v) is 5.10. The molecule has 0 aliphatic heterocycles. The summed E-state index contributed by atoms with van der Waals surface area (Å²) in [6.45, 7) is 3.89. The molecule has 2 nitrogen and oxygen atoms in total. The van der Waals surface area contributed by atoms with E-state index >= 15 is 0 Å². The number of hydrogen-bond donors (Lipinski definition) is 0. The molecule has 0 fully saturated rings. The van der Waals surface area contributed by atoms with Crippen LogP contribution in [0.4, 0.5) is 57.1 Å². The molecule has 0 aromatic heterocycles. The molecular weight excluding hydrogens is 421 g/mol. The zero-order chi connectivity index (χ0) is 22.3. The first-order chi connectivity index (χ1) is 11.6. The lowest BCUT2D eigenvalue weighted by Gasteiger charge is -2.39. The van der Waals surface area contributed by atoms with Crippen LogP contribution >= 0.6 is 0 Å². The predicted molar refractivity (Wildman–Crippen MR) is 63.7 cm³/mol. The first-order valence-electron chi connectivity index (χ1n) is 6.26. The molecule has 0 aromatic carbocycles. The van der Waals surface area contributed by atoms with Gasteiger partial charge in [0, 0.05) is 11.8 Å². The van der Waals surface area contributed by atoms with Crippen molar-refractivity contribution in [1.29, 1.82) is 0 Å². The Bertz CT molecular complexity index is 617. The standard InChI is InChI=1S/C12H8F13NO/c1-5(2)6(27)26-4-3-7(13,14)8(15,16)9(17,18)10(19,20)11(21,22)12(23,24)25/h4H,1,3H2,2H3. The normalized spacial score (nSPS) is 15.3. The second-order valence-electron chi connectivity index (χ2n) is 5.10. The largest absolute Gasteiger partial charge is 0.460 e. The van der Waals surface area contributed by atoms with Crippen molar-refractivity contribution >= 4 is 12.1 Å². The van der Waals surface area contributed by atoms with Crippen LogP contribution in [0.15, 0.2) is 17.1 Å². The lowest BCUT2D eigenvalue weighted by molar-refractivity contribution is -0.439. The van der Waals surface area contributed by atoms with Crippen molar-refractivity contribution in [2.24, 2.45) is 4.99 Å². The molecule has 0 aliphatic carbocycles. The highest BCUT2D eigenvalue weighted by Gasteiger charge is 2.90. The summed E-state index contributed by atoms with van der Waals surface area (Å²) in [5.41, 5.74) is -0.442. The summed E-state index contributed by atoms with van der Waals surface area (Å²) in [5, 5.41) is 0. The maximum Gasteiger partial charge on any atom is 0.460 e. The van der Waals surface area contributed by atoms with Crippen LogP contribution in [0.5, 0.6) is 0 Å². The lowest BCUT2D eigenvalue weighted by Crippen LogP contribution is -2.70. The smallest absolute Gasteiger partial charge is 0.267 e. The first-order valence-corrected chi connectivity index (χ1v) is 6.26. The molecule has 1 amide bonds. The Hall–Kier alpha value is -1.83. The van der Waals surface area contributed by atoms with Gasteiger partial charge in [0.2, 0.25) is 0 Å². The van der Waals surface area contributed by atoms with Gasteiger partial charge >= 0.3 is 35.8 Å². The van der Waals surface area contributed by atoms with Crippen molar-refractivity contribution in [2.45, 2.75) is 49.1 Å². The van der Waals surface area contributed by atoms with Gasteiger partial charge in [0.05, 0.1) is 6.42 Å². The Labute approximate surface area is 141 Å². The van der Waals surface area contributed by atoms with Gasteiger partial charge in [0.25, 0.3) is 5.91 Å². The molecule has 158 valence electrons. The van der Waals surface area contributed by atoms with Crippen LogP contribution in [0.2, 0.25) is 0 Å². The second kappa shape index (κ2) is 6.96. The molecule has 0 spiro atoms. The van der Waals surface area contributed by atoms with E-state index < -0.39 is 59.9 Å². The first kappa shape index (κ1) is 25.2. The van der Waals surface area contributed by atoms with Crippen LogP contribution in [0.25, 0.3) is 0 Å². The lowest BCUT2D eigenvalue weighted by atomic mass is 9.93. The summed E-state index contributed by atoms with van der Waals surface area (Å²) >= 11 is 0. The molecule has 15 heteroatoms. The van der Waals surface area contributed by atoms with Gasteiger partial charge in [0.1, 0.15) is 0 Å². The fourth-order valence-corrected chi connectivity index (χ4v) is 1.28. The van der Waals surface area contributed by atoms with Gasteiger partial charge in [-0.3, -0.25) is 4.79 Å². The predicted octanol–water partition coefficient (Wildman–Crippen LogP) is 5.29. The van der Waals surface area contributed by atoms with Gasteiger partial charge in [-0.2, -0.15) is 57.1 Å². The zero-order valence-electron chi connectivity index (χ0n) is 12.8. The van der Waals surface area contributed by atoms with Gasteiger partial charge in [-0.05, 0) is 6.92 Å². The Balaban J connectivity index is 6.01. The van der Waals surface area contributed by atoms with Crippen molar-refractivity contribution < 1.29 is 61.9 Å². The third kappa shape index (κ3) is 4.05. The highest BCUT2D eigenvalue weighted by Crippen LogP contribution is 2.60. The molecule has 0 atom stereocenters. The van der Waals surface area contributed by atoms with Crippen molar-refractivity contribution in [2.75, 3.05) is 0 Å². The Morgan fingerprint density at radius 2 is 1.15 bits per heavy atom. The molecule has 0 unspecified atom stereocenters. The molecule has 0 aliphatic rings. The van der Waals surface area contributed by atoms with E-state index in [0.717, 1.165) is 6.92 Å². The molecule has 0 heterocycles. The summed E-state index contributed by atoms with van der Waals surface area (Å²) in [5.74, 6) is -38.7. The Morgan fingerprint density at radius 1 is 0.778 bits per heavy atom. The van der Waals surface area contributed by atoms with Crippen LogP contribution in [0, 0.1) is 0 Å². The molecule has 0 bridgehead atoms. The van der Waals surface area contributed by atoms with Crippen LogP contribution in [-0.2, 0) is 4.79 Å². The van der Waals surface area contributed by atoms with Crippen LogP contribution < -0.4 is 0 Å². The Morgan fingerprint density at radius 3 is 1.48 bits per heavy atom. The minimum atomic E-state index is -7.95. The molecule has 0 N–H and O–H groups in total. The number of amides is 1. The quantitative estimate of drug-likeness (QED) is 0.307. The molecule has 0 saturated carbocycles. The minimum Gasteiger partial charge on any atom is -0.267 e. The number of carbonyl (C=O) groups is 1. The van der Waals surface area contributed by atoms with Crippen LogP contribution in [0.3, 0.4) is 0 Å². The van der Waals surface area contributed by atoms with Gasteiger partial charge in [-0.1, -0.05) is 6.58 Å². The topological polar surface area (TPSA) is 29.4 Å². The van der Waals surface area contributed by atoms with E-state index in [9.17, 15) is 61.9 Å². The summed E-state index contributed by atoms with van der Waals surface area (Å²) in [6, 6.07) is 0. The van der Waals surface area contributed by atoms with Gasteiger partial charge in [-0.15, -0.1) is 0 Å². The minimum absolute atomic E-state index is 0.430. The molecule has 0 radical (unpaired) electrons. The summed E-state index contributed by atoms with van der Waals surface area (Å²) < 4.78 is 166. The van der Waals surface area contributed by atoms with E-state index in [1.807, 2.05) is 0 Å². The van der Waals surface area contributed by atoms with E-state index in [1.165, 1.54) is 0 Å². The molecule has 0 saturated heterocycles. The fourth-order valence-electron chi connectivity index (χ4n) is 1.28. The summed E-state index contributed by atoms with van der Waals surface area (Å²) in [7, 11) is 0. The summed E-state index contributed by atoms with van der Waals surface area (Å²) in [4.78, 5) is 13.4. The third-order valence-corrected chi connectivity index (χ3v) is 2.92. The van der Waals surface area contributed by atoms with Crippen molar-refractivity contribution in [3.8, 4) is 0 Å². The average molecular weight is 429 g/mol. The number of hydrogen-bond acceptors (Lipinski definition) is 1. The fraction of sp³-hybridized carbons (Fsp3) is 0.667. The van der Waals surface area contributed by atoms with E-state index in [2.05, 4.69) is 11.6 Å². The highest BCUT2D eigenvalue weighted by molar-refractivity contribution is 5.97. The number of aliphatic imine (C=N–C) groups is 1. The number of carbonyl (C=O) groups excluding carboxylic acids is 1. The molecule has 0 aromatic rings. The monoisotopic (exact) mass is 429 g/mol. The van der Waals surface area contributed by atoms with E-state index in [0.29, 0.717) is 0 Å². The van der Waals surface area contributed by atoms with Crippen molar-refractivity contribution in [3.05, 3.63) is 12.2 Å². The van der Waals surface area contributed by atoms with Crippen LogP contribution in [0.1, 0.15) is 13.3 Å². The number of halogens is 13. The van der Waals surface area contributed by atoms with Crippen LogP contribution in [-0.4, -0.2) is 47.9 Å².